The van der Waals surface area contributed by atoms with E-state index in [2.05, 4.69) is 0 Å². The lowest BCUT2D eigenvalue weighted by atomic mass is 10.3. The van der Waals surface area contributed by atoms with Crippen molar-refractivity contribution in [3.05, 3.63) is 34.4 Å². The van der Waals surface area contributed by atoms with Gasteiger partial charge in [-0.2, -0.15) is 0 Å². The minimum Gasteiger partial charge on any atom is -0.439 e. The van der Waals surface area contributed by atoms with Gasteiger partial charge in [0.2, 0.25) is 4.38 Å². The van der Waals surface area contributed by atoms with Crippen molar-refractivity contribution < 1.29 is 9.66 Å². The third-order valence-corrected chi connectivity index (χ3v) is 3.52. The number of ether oxygens (including phenoxy) is 1. The summed E-state index contributed by atoms with van der Waals surface area (Å²) in [6.07, 6.45) is 0. The predicted molar refractivity (Wildman–Crippen MR) is 80.2 cm³/mol. The summed E-state index contributed by atoms with van der Waals surface area (Å²) in [6.45, 7) is 0. The molecule has 0 fully saturated rings. The highest BCUT2D eigenvalue weighted by Gasteiger charge is 2.09. The molecule has 96 valence electrons. The van der Waals surface area contributed by atoms with Gasteiger partial charge in [-0.3, -0.25) is 10.1 Å². The molecule has 0 radical (unpaired) electrons. The number of nitro groups is 1. The molecule has 0 aromatic heterocycles. The Morgan fingerprint density at radius 1 is 1.33 bits per heavy atom. The highest BCUT2D eigenvalue weighted by molar-refractivity contribution is 8.37. The highest BCUT2D eigenvalue weighted by atomic mass is 32.2. The van der Waals surface area contributed by atoms with Crippen LogP contribution >= 0.6 is 36.2 Å². The van der Waals surface area contributed by atoms with Crippen LogP contribution in [0.15, 0.2) is 24.3 Å². The summed E-state index contributed by atoms with van der Waals surface area (Å²) in [6, 6.07) is 5.69. The average Bonchev–Trinajstić information content (AvgIpc) is 2.29. The van der Waals surface area contributed by atoms with Crippen molar-refractivity contribution in [1.82, 2.24) is 4.90 Å². The fourth-order valence-corrected chi connectivity index (χ4v) is 2.10. The van der Waals surface area contributed by atoms with E-state index in [0.29, 0.717) is 10.1 Å². The number of rotatable bonds is 2. The molecule has 0 saturated carbocycles. The molecule has 0 unspecified atom stereocenters. The van der Waals surface area contributed by atoms with Gasteiger partial charge in [-0.05, 0) is 36.1 Å². The minimum atomic E-state index is -0.474. The number of nitro benzene ring substituents is 1. The van der Waals surface area contributed by atoms with Crippen molar-refractivity contribution >= 4 is 50.6 Å². The van der Waals surface area contributed by atoms with Crippen LogP contribution in [-0.4, -0.2) is 32.6 Å². The van der Waals surface area contributed by atoms with Gasteiger partial charge in [0, 0.05) is 26.2 Å². The second kappa shape index (κ2) is 6.62. The first-order valence-electron chi connectivity index (χ1n) is 4.75. The van der Waals surface area contributed by atoms with Gasteiger partial charge in [-0.25, -0.2) is 0 Å². The molecule has 8 heteroatoms. The fourth-order valence-electron chi connectivity index (χ4n) is 0.916. The number of hydrogen-bond donors (Lipinski definition) is 0. The molecule has 1 rings (SSSR count). The summed E-state index contributed by atoms with van der Waals surface area (Å²) in [7, 11) is 3.62. The summed E-state index contributed by atoms with van der Waals surface area (Å²) in [4.78, 5) is 11.7. The molecule has 1 aromatic rings. The maximum absolute atomic E-state index is 10.5. The van der Waals surface area contributed by atoms with Gasteiger partial charge in [0.25, 0.3) is 5.69 Å². The molecular weight excluding hydrogens is 292 g/mol. The van der Waals surface area contributed by atoms with Crippen LogP contribution in [-0.2, 0) is 0 Å². The second-order valence-corrected chi connectivity index (χ2v) is 5.60. The Labute approximate surface area is 119 Å². The van der Waals surface area contributed by atoms with Crippen molar-refractivity contribution in [2.24, 2.45) is 0 Å². The van der Waals surface area contributed by atoms with Gasteiger partial charge in [0.1, 0.15) is 10.1 Å². The van der Waals surface area contributed by atoms with E-state index in [9.17, 15) is 10.1 Å². The first-order chi connectivity index (χ1) is 8.40. The lowest BCUT2D eigenvalue weighted by Gasteiger charge is -2.13. The Kier molecular flexibility index (Phi) is 5.45. The van der Waals surface area contributed by atoms with E-state index in [0.717, 1.165) is 11.8 Å². The Morgan fingerprint density at radius 2 is 1.89 bits per heavy atom. The van der Waals surface area contributed by atoms with Crippen molar-refractivity contribution in [1.29, 1.82) is 0 Å². The maximum Gasteiger partial charge on any atom is 0.269 e. The Bertz CT molecular complexity index is 474. The molecule has 0 aliphatic carbocycles. The maximum atomic E-state index is 10.5. The number of benzene rings is 1. The van der Waals surface area contributed by atoms with Crippen LogP contribution in [0, 0.1) is 10.1 Å². The first kappa shape index (κ1) is 14.8. The van der Waals surface area contributed by atoms with E-state index in [1.807, 2.05) is 14.1 Å². The molecular formula is C10H10N2O3S3. The van der Waals surface area contributed by atoms with Gasteiger partial charge in [-0.15, -0.1) is 0 Å². The van der Waals surface area contributed by atoms with Crippen LogP contribution in [0.1, 0.15) is 0 Å². The van der Waals surface area contributed by atoms with Gasteiger partial charge in [0.15, 0.2) is 0 Å². The second-order valence-electron chi connectivity index (χ2n) is 3.37. The van der Waals surface area contributed by atoms with Gasteiger partial charge in [-0.1, -0.05) is 12.2 Å². The number of thiocarbonyl (C=S) groups is 2. The van der Waals surface area contributed by atoms with E-state index >= 15 is 0 Å². The third-order valence-electron chi connectivity index (χ3n) is 1.78. The molecule has 0 amide bonds. The molecule has 0 aliphatic heterocycles. The zero-order valence-corrected chi connectivity index (χ0v) is 12.1. The third kappa shape index (κ3) is 4.55. The summed E-state index contributed by atoms with van der Waals surface area (Å²) in [5.41, 5.74) is 0.00438. The summed E-state index contributed by atoms with van der Waals surface area (Å²) >= 11 is 11.2. The molecule has 0 spiro atoms. The van der Waals surface area contributed by atoms with Crippen molar-refractivity contribution in [2.45, 2.75) is 0 Å². The molecule has 5 nitrogen and oxygen atoms in total. The minimum absolute atomic E-state index is 0.00438. The molecule has 0 atom stereocenters. The highest BCUT2D eigenvalue weighted by Crippen LogP contribution is 2.20. The normalized spacial score (nSPS) is 9.67. The smallest absolute Gasteiger partial charge is 0.269 e. The topological polar surface area (TPSA) is 55.6 Å². The molecule has 0 bridgehead atoms. The monoisotopic (exact) mass is 302 g/mol. The molecule has 0 heterocycles. The van der Waals surface area contributed by atoms with E-state index < -0.39 is 4.92 Å². The molecule has 0 N–H and O–H groups in total. The summed E-state index contributed by atoms with van der Waals surface area (Å²) in [5.74, 6) is 0.444. The lowest BCUT2D eigenvalue weighted by molar-refractivity contribution is -0.384. The number of hydrogen-bond acceptors (Lipinski definition) is 6. The van der Waals surface area contributed by atoms with E-state index in [4.69, 9.17) is 29.2 Å². The summed E-state index contributed by atoms with van der Waals surface area (Å²) in [5, 5.41) is 10.5. The van der Waals surface area contributed by atoms with Crippen LogP contribution in [0.4, 0.5) is 5.69 Å². The van der Waals surface area contributed by atoms with Crippen LogP contribution in [0.2, 0.25) is 0 Å². The first-order valence-corrected chi connectivity index (χ1v) is 6.39. The fraction of sp³-hybridized carbons (Fsp3) is 0.200. The number of nitrogens with zero attached hydrogens (tertiary/aromatic N) is 2. The Morgan fingerprint density at radius 3 is 2.33 bits per heavy atom. The molecule has 18 heavy (non-hydrogen) atoms. The summed E-state index contributed by atoms with van der Waals surface area (Å²) < 4.78 is 6.17. The van der Waals surface area contributed by atoms with E-state index in [1.165, 1.54) is 24.3 Å². The average molecular weight is 302 g/mol. The Hall–Kier alpha value is -1.25. The molecule has 1 aromatic carbocycles. The number of thioether (sulfide) groups is 1. The zero-order chi connectivity index (χ0) is 13.7. The van der Waals surface area contributed by atoms with Crippen molar-refractivity contribution in [2.75, 3.05) is 14.1 Å². The van der Waals surface area contributed by atoms with Crippen molar-refractivity contribution in [3.8, 4) is 5.75 Å². The SMILES string of the molecule is CN(C)C(=S)SC(=S)Oc1ccc([N+](=O)[O-])cc1. The van der Waals surface area contributed by atoms with E-state index in [-0.39, 0.29) is 10.1 Å². The quantitative estimate of drug-likeness (QED) is 0.473. The Balaban J connectivity index is 2.60. The standard InChI is InChI=1S/C10H10N2O3S3/c1-11(2)9(16)18-10(17)15-8-5-3-7(4-6-8)12(13)14/h3-6H,1-2H3. The molecule has 0 saturated heterocycles. The number of non-ortho nitro benzene ring substituents is 1. The zero-order valence-electron chi connectivity index (χ0n) is 9.65. The van der Waals surface area contributed by atoms with Gasteiger partial charge >= 0.3 is 0 Å². The predicted octanol–water partition coefficient (Wildman–Crippen LogP) is 2.84. The van der Waals surface area contributed by atoms with Crippen LogP contribution in [0.25, 0.3) is 0 Å². The van der Waals surface area contributed by atoms with Crippen LogP contribution in [0.3, 0.4) is 0 Å². The lowest BCUT2D eigenvalue weighted by Crippen LogP contribution is -2.18. The van der Waals surface area contributed by atoms with E-state index in [1.54, 1.807) is 4.90 Å². The molecule has 0 aliphatic rings. The van der Waals surface area contributed by atoms with Crippen LogP contribution in [0.5, 0.6) is 5.75 Å². The van der Waals surface area contributed by atoms with Crippen LogP contribution < -0.4 is 4.74 Å². The van der Waals surface area contributed by atoms with Crippen molar-refractivity contribution in [3.63, 3.8) is 0 Å². The van der Waals surface area contributed by atoms with Gasteiger partial charge in [0.05, 0.1) is 4.92 Å². The van der Waals surface area contributed by atoms with Gasteiger partial charge < -0.3 is 9.64 Å². The largest absolute Gasteiger partial charge is 0.439 e.